The molecule has 0 aromatic carbocycles. The summed E-state index contributed by atoms with van der Waals surface area (Å²) in [6, 6.07) is 0. The number of carbonyl (C=O) groups is 1. The van der Waals surface area contributed by atoms with Gasteiger partial charge in [0.1, 0.15) is 0 Å². The van der Waals surface area contributed by atoms with Crippen molar-refractivity contribution in [3.63, 3.8) is 0 Å². The third-order valence-electron chi connectivity index (χ3n) is 5.57. The number of rotatable bonds is 6. The Morgan fingerprint density at radius 2 is 1.76 bits per heavy atom. The van der Waals surface area contributed by atoms with Crippen LogP contribution in [0.3, 0.4) is 0 Å². The van der Waals surface area contributed by atoms with Crippen LogP contribution < -0.4 is 0 Å². The lowest BCUT2D eigenvalue weighted by Gasteiger charge is -2.32. The standard InChI is InChI=1S/C16H29BO4/c1-7-8-9-10-16(11-12(16)13(18)19-6)17-20-14(2,3)15(4,5)21-17/h12H,7-11H2,1-6H3/t12-,16-/m0/s1. The van der Waals surface area contributed by atoms with Crippen molar-refractivity contribution in [2.45, 2.75) is 83.2 Å². The Labute approximate surface area is 129 Å². The van der Waals surface area contributed by atoms with Crippen LogP contribution in [0.4, 0.5) is 0 Å². The molecule has 0 spiro atoms. The maximum atomic E-state index is 12.0. The summed E-state index contributed by atoms with van der Waals surface area (Å²) < 4.78 is 17.4. The summed E-state index contributed by atoms with van der Waals surface area (Å²) in [5, 5.41) is -0.187. The summed E-state index contributed by atoms with van der Waals surface area (Å²) >= 11 is 0. The fourth-order valence-electron chi connectivity index (χ4n) is 3.22. The summed E-state index contributed by atoms with van der Waals surface area (Å²) in [4.78, 5) is 12.0. The van der Waals surface area contributed by atoms with E-state index in [1.54, 1.807) is 0 Å². The van der Waals surface area contributed by atoms with Crippen LogP contribution >= 0.6 is 0 Å². The minimum atomic E-state index is -0.349. The molecule has 0 unspecified atom stereocenters. The first-order valence-corrected chi connectivity index (χ1v) is 8.13. The molecule has 4 nitrogen and oxygen atoms in total. The van der Waals surface area contributed by atoms with Crippen LogP contribution in [0.5, 0.6) is 0 Å². The van der Waals surface area contributed by atoms with Gasteiger partial charge in [-0.05, 0) is 40.5 Å². The molecule has 0 radical (unpaired) electrons. The van der Waals surface area contributed by atoms with E-state index >= 15 is 0 Å². The maximum absolute atomic E-state index is 12.0. The van der Waals surface area contributed by atoms with Gasteiger partial charge in [0.25, 0.3) is 0 Å². The van der Waals surface area contributed by atoms with Crippen LogP contribution in [-0.2, 0) is 18.8 Å². The second-order valence-corrected chi connectivity index (χ2v) is 7.56. The molecule has 21 heavy (non-hydrogen) atoms. The Morgan fingerprint density at radius 1 is 1.19 bits per heavy atom. The molecule has 0 aromatic heterocycles. The Bertz CT molecular complexity index is 391. The highest BCUT2D eigenvalue weighted by Crippen LogP contribution is 2.68. The highest BCUT2D eigenvalue weighted by Gasteiger charge is 2.71. The normalized spacial score (nSPS) is 33.0. The molecule has 1 heterocycles. The van der Waals surface area contributed by atoms with Crippen molar-refractivity contribution in [3.8, 4) is 0 Å². The Morgan fingerprint density at radius 3 is 2.24 bits per heavy atom. The molecular weight excluding hydrogens is 267 g/mol. The third kappa shape index (κ3) is 2.87. The molecular formula is C16H29BO4. The minimum absolute atomic E-state index is 0.0749. The summed E-state index contributed by atoms with van der Waals surface area (Å²) in [6.45, 7) is 10.4. The fraction of sp³-hybridized carbons (Fsp3) is 0.938. The molecule has 2 fully saturated rings. The van der Waals surface area contributed by atoms with Gasteiger partial charge < -0.3 is 14.0 Å². The Balaban J connectivity index is 2.13. The number of ether oxygens (including phenoxy) is 1. The largest absolute Gasteiger partial charge is 0.469 e. The molecule has 2 atom stereocenters. The minimum Gasteiger partial charge on any atom is -0.469 e. The summed E-state index contributed by atoms with van der Waals surface area (Å²) in [6.07, 6.45) is 5.24. The van der Waals surface area contributed by atoms with E-state index in [4.69, 9.17) is 14.0 Å². The zero-order valence-corrected chi connectivity index (χ0v) is 14.3. The molecule has 2 rings (SSSR count). The van der Waals surface area contributed by atoms with Gasteiger partial charge in [-0.3, -0.25) is 4.79 Å². The third-order valence-corrected chi connectivity index (χ3v) is 5.57. The van der Waals surface area contributed by atoms with Crippen LogP contribution in [0.25, 0.3) is 0 Å². The zero-order valence-electron chi connectivity index (χ0n) is 14.3. The van der Waals surface area contributed by atoms with E-state index in [-0.39, 0.29) is 35.5 Å². The summed E-state index contributed by atoms with van der Waals surface area (Å²) in [7, 11) is 1.16. The first-order valence-electron chi connectivity index (χ1n) is 8.13. The van der Waals surface area contributed by atoms with Gasteiger partial charge in [-0.15, -0.1) is 0 Å². The van der Waals surface area contributed by atoms with Crippen LogP contribution in [0, 0.1) is 5.92 Å². The first-order chi connectivity index (χ1) is 9.70. The Hall–Kier alpha value is -0.545. The molecule has 1 saturated carbocycles. The van der Waals surface area contributed by atoms with E-state index in [9.17, 15) is 4.79 Å². The van der Waals surface area contributed by atoms with E-state index < -0.39 is 0 Å². The number of methoxy groups -OCH3 is 1. The average Bonchev–Trinajstić information content (AvgIpc) is 3.07. The topological polar surface area (TPSA) is 44.8 Å². The Kier molecular flexibility index (Phi) is 4.47. The quantitative estimate of drug-likeness (QED) is 0.427. The van der Waals surface area contributed by atoms with E-state index in [0.717, 1.165) is 19.3 Å². The predicted molar refractivity (Wildman–Crippen MR) is 83.0 cm³/mol. The predicted octanol–water partition coefficient (Wildman–Crippen LogP) is 3.59. The van der Waals surface area contributed by atoms with Crippen LogP contribution in [0.15, 0.2) is 0 Å². The molecule has 1 saturated heterocycles. The smallest absolute Gasteiger partial charge is 0.465 e. The van der Waals surface area contributed by atoms with Gasteiger partial charge in [0.2, 0.25) is 0 Å². The second-order valence-electron chi connectivity index (χ2n) is 7.56. The number of hydrogen-bond acceptors (Lipinski definition) is 4. The highest BCUT2D eigenvalue weighted by molar-refractivity contribution is 6.52. The summed E-state index contributed by atoms with van der Waals surface area (Å²) in [5.41, 5.74) is -0.697. The number of carbonyl (C=O) groups excluding carboxylic acids is 1. The van der Waals surface area contributed by atoms with Crippen molar-refractivity contribution >= 4 is 13.1 Å². The highest BCUT2D eigenvalue weighted by atomic mass is 16.7. The van der Waals surface area contributed by atoms with E-state index in [1.807, 2.05) is 0 Å². The SMILES string of the molecule is CCCCC[C@]1(B2OC(C)(C)C(C)(C)O2)C[C@H]1C(=O)OC. The van der Waals surface area contributed by atoms with E-state index in [0.29, 0.717) is 0 Å². The van der Waals surface area contributed by atoms with Gasteiger partial charge in [-0.1, -0.05) is 26.2 Å². The average molecular weight is 296 g/mol. The van der Waals surface area contributed by atoms with Gasteiger partial charge in [-0.2, -0.15) is 0 Å². The van der Waals surface area contributed by atoms with Crippen molar-refractivity contribution in [1.29, 1.82) is 0 Å². The van der Waals surface area contributed by atoms with E-state index in [2.05, 4.69) is 34.6 Å². The number of unbranched alkanes of at least 4 members (excludes halogenated alkanes) is 2. The van der Waals surface area contributed by atoms with Gasteiger partial charge in [0.05, 0.1) is 24.2 Å². The molecule has 1 aliphatic carbocycles. The van der Waals surface area contributed by atoms with E-state index in [1.165, 1.54) is 20.0 Å². The van der Waals surface area contributed by atoms with Gasteiger partial charge in [0, 0.05) is 5.31 Å². The summed E-state index contributed by atoms with van der Waals surface area (Å²) in [5.74, 6) is -0.199. The lowest BCUT2D eigenvalue weighted by atomic mass is 9.63. The van der Waals surface area contributed by atoms with Crippen molar-refractivity contribution in [2.75, 3.05) is 7.11 Å². The van der Waals surface area contributed by atoms with Crippen molar-refractivity contribution < 1.29 is 18.8 Å². The molecule has 120 valence electrons. The monoisotopic (exact) mass is 296 g/mol. The lowest BCUT2D eigenvalue weighted by Crippen LogP contribution is -2.41. The molecule has 2 aliphatic rings. The van der Waals surface area contributed by atoms with Gasteiger partial charge in [-0.25, -0.2) is 0 Å². The molecule has 1 aliphatic heterocycles. The fourth-order valence-corrected chi connectivity index (χ4v) is 3.22. The number of esters is 1. The lowest BCUT2D eigenvalue weighted by molar-refractivity contribution is -0.142. The molecule has 0 amide bonds. The van der Waals surface area contributed by atoms with Crippen molar-refractivity contribution in [1.82, 2.24) is 0 Å². The number of hydrogen-bond donors (Lipinski definition) is 0. The first kappa shape index (κ1) is 16.8. The molecule has 0 aromatic rings. The van der Waals surface area contributed by atoms with Crippen molar-refractivity contribution in [3.05, 3.63) is 0 Å². The van der Waals surface area contributed by atoms with Gasteiger partial charge in [0.15, 0.2) is 0 Å². The maximum Gasteiger partial charge on any atom is 0.465 e. The molecule has 0 N–H and O–H groups in total. The molecule has 0 bridgehead atoms. The van der Waals surface area contributed by atoms with Gasteiger partial charge >= 0.3 is 13.1 Å². The van der Waals surface area contributed by atoms with Crippen molar-refractivity contribution in [2.24, 2.45) is 5.92 Å². The second kappa shape index (κ2) is 5.58. The van der Waals surface area contributed by atoms with Crippen LogP contribution in [0.2, 0.25) is 5.31 Å². The van der Waals surface area contributed by atoms with Crippen LogP contribution in [-0.4, -0.2) is 31.4 Å². The van der Waals surface area contributed by atoms with Crippen LogP contribution in [0.1, 0.15) is 66.7 Å². The zero-order chi connectivity index (χ0) is 15.9. The molecule has 5 heteroatoms.